The maximum Gasteiger partial charge on any atom is 0.233 e. The summed E-state index contributed by atoms with van der Waals surface area (Å²) in [6, 6.07) is 20.5. The van der Waals surface area contributed by atoms with Gasteiger partial charge in [-0.15, -0.1) is 0 Å². The van der Waals surface area contributed by atoms with E-state index >= 15 is 0 Å². The highest BCUT2D eigenvalue weighted by atomic mass is 16.5. The lowest BCUT2D eigenvalue weighted by molar-refractivity contribution is -0.145. The van der Waals surface area contributed by atoms with Gasteiger partial charge in [0.25, 0.3) is 0 Å². The van der Waals surface area contributed by atoms with E-state index < -0.39 is 0 Å². The average molecular weight is 556 g/mol. The van der Waals surface area contributed by atoms with Crippen molar-refractivity contribution in [3.05, 3.63) is 71.8 Å². The molecule has 0 unspecified atom stereocenters. The Bertz CT molecular complexity index is 917. The van der Waals surface area contributed by atoms with Gasteiger partial charge in [0.05, 0.1) is 13.2 Å². The molecule has 2 amide bonds. The minimum absolute atomic E-state index is 0.0232. The number of rotatable bonds is 15. The second-order valence-corrected chi connectivity index (χ2v) is 10.6. The maximum atomic E-state index is 12.9. The van der Waals surface area contributed by atoms with E-state index in [1.54, 1.807) is 11.9 Å². The molecule has 2 aromatic rings. The van der Waals surface area contributed by atoms with E-state index in [1.807, 2.05) is 94.9 Å². The number of amides is 2. The predicted molar refractivity (Wildman–Crippen MR) is 169 cm³/mol. The first kappa shape index (κ1) is 37.3. The van der Waals surface area contributed by atoms with Crippen LogP contribution >= 0.6 is 0 Å². The molecular weight excluding hydrogens is 498 g/mol. The van der Waals surface area contributed by atoms with Crippen molar-refractivity contribution >= 4 is 11.8 Å². The topological polar surface area (TPSA) is 53.1 Å². The number of benzene rings is 2. The van der Waals surface area contributed by atoms with Crippen LogP contribution in [0.2, 0.25) is 0 Å². The highest BCUT2D eigenvalue weighted by Crippen LogP contribution is 2.20. The molecule has 40 heavy (non-hydrogen) atoms. The lowest BCUT2D eigenvalue weighted by Gasteiger charge is -2.34. The number of carbonyl (C=O) groups excluding carboxylic acids is 2. The molecule has 2 aromatic carbocycles. The fourth-order valence-corrected chi connectivity index (χ4v) is 4.22. The molecule has 0 aromatic heterocycles. The molecule has 2 rings (SSSR count). The summed E-state index contributed by atoms with van der Waals surface area (Å²) >= 11 is 0. The first-order valence-corrected chi connectivity index (χ1v) is 15.0. The standard InChI is InChI=1S/C30H45N3O3.2C2H6/c1-25(2)29(35)32(19-17-27-13-9-7-10-14-27)23-30(4,5)24-36-22-21-31(6)33(26(3)34)20-18-28-15-11-8-12-16-28;2*1-2/h7-16,25H,17-24H2,1-6H3;2*1-2H3. The van der Waals surface area contributed by atoms with Gasteiger partial charge in [0.2, 0.25) is 11.8 Å². The first-order valence-electron chi connectivity index (χ1n) is 15.0. The molecule has 0 saturated heterocycles. The lowest BCUT2D eigenvalue weighted by atomic mass is 9.93. The van der Waals surface area contributed by atoms with Gasteiger partial charge in [0.15, 0.2) is 0 Å². The Morgan fingerprint density at radius 3 is 1.73 bits per heavy atom. The highest BCUT2D eigenvalue weighted by Gasteiger charge is 2.26. The summed E-state index contributed by atoms with van der Waals surface area (Å²) in [5.41, 5.74) is 2.26. The number of hydrogen-bond acceptors (Lipinski definition) is 4. The van der Waals surface area contributed by atoms with Gasteiger partial charge in [0.1, 0.15) is 0 Å². The van der Waals surface area contributed by atoms with Crippen LogP contribution in [0.15, 0.2) is 60.7 Å². The molecule has 0 spiro atoms. The van der Waals surface area contributed by atoms with Gasteiger partial charge in [-0.3, -0.25) is 14.6 Å². The number of hydrogen-bond donors (Lipinski definition) is 0. The van der Waals surface area contributed by atoms with Crippen molar-refractivity contribution in [2.24, 2.45) is 11.3 Å². The van der Waals surface area contributed by atoms with Crippen molar-refractivity contribution in [1.82, 2.24) is 14.9 Å². The molecule has 0 heterocycles. The lowest BCUT2D eigenvalue weighted by Crippen LogP contribution is -2.46. The normalized spacial score (nSPS) is 10.8. The van der Waals surface area contributed by atoms with E-state index in [0.29, 0.717) is 39.4 Å². The maximum absolute atomic E-state index is 12.9. The number of carbonyl (C=O) groups is 2. The van der Waals surface area contributed by atoms with E-state index in [1.165, 1.54) is 11.1 Å². The summed E-state index contributed by atoms with van der Waals surface area (Å²) in [5.74, 6) is 0.156. The van der Waals surface area contributed by atoms with Gasteiger partial charge < -0.3 is 9.64 Å². The van der Waals surface area contributed by atoms with Gasteiger partial charge in [0, 0.05) is 51.5 Å². The SMILES string of the molecule is CC.CC.CC(=O)N(CCc1ccccc1)N(C)CCOCC(C)(C)CN(CCc1ccccc1)C(=O)C(C)C. The molecular formula is C34H57N3O3. The Balaban J connectivity index is 0.00000363. The van der Waals surface area contributed by atoms with Gasteiger partial charge >= 0.3 is 0 Å². The van der Waals surface area contributed by atoms with Crippen LogP contribution in [0.4, 0.5) is 0 Å². The molecule has 0 radical (unpaired) electrons. The van der Waals surface area contributed by atoms with Crippen LogP contribution in [0.3, 0.4) is 0 Å². The first-order chi connectivity index (χ1) is 19.1. The smallest absolute Gasteiger partial charge is 0.233 e. The number of nitrogens with zero attached hydrogens (tertiary/aromatic N) is 3. The third kappa shape index (κ3) is 15.2. The second kappa shape index (κ2) is 21.1. The average Bonchev–Trinajstić information content (AvgIpc) is 2.96. The van der Waals surface area contributed by atoms with E-state index in [-0.39, 0.29) is 23.1 Å². The molecule has 6 nitrogen and oxygen atoms in total. The summed E-state index contributed by atoms with van der Waals surface area (Å²) in [6.45, 7) is 21.4. The fourth-order valence-electron chi connectivity index (χ4n) is 4.22. The number of likely N-dealkylation sites (N-methyl/N-ethyl adjacent to an activating group) is 1. The molecule has 226 valence electrons. The van der Waals surface area contributed by atoms with Crippen LogP contribution in [-0.4, -0.2) is 73.2 Å². The zero-order chi connectivity index (χ0) is 30.6. The Labute approximate surface area is 245 Å². The molecule has 0 saturated carbocycles. The van der Waals surface area contributed by atoms with Crippen molar-refractivity contribution in [2.45, 2.75) is 75.2 Å². The van der Waals surface area contributed by atoms with Crippen LogP contribution < -0.4 is 0 Å². The number of hydrazine groups is 1. The number of ether oxygens (including phenoxy) is 1. The molecule has 0 fully saturated rings. The largest absolute Gasteiger partial charge is 0.379 e. The summed E-state index contributed by atoms with van der Waals surface area (Å²) in [5, 5.41) is 3.71. The summed E-state index contributed by atoms with van der Waals surface area (Å²) in [6.07, 6.45) is 1.65. The Morgan fingerprint density at radius 2 is 1.27 bits per heavy atom. The Hall–Kier alpha value is -2.70. The van der Waals surface area contributed by atoms with Crippen molar-refractivity contribution in [3.8, 4) is 0 Å². The molecule has 0 aliphatic heterocycles. The Morgan fingerprint density at radius 1 is 0.800 bits per heavy atom. The van der Waals surface area contributed by atoms with E-state index in [9.17, 15) is 9.59 Å². The molecule has 0 aliphatic carbocycles. The van der Waals surface area contributed by atoms with Crippen LogP contribution in [-0.2, 0) is 27.2 Å². The van der Waals surface area contributed by atoms with E-state index in [0.717, 1.165) is 12.8 Å². The highest BCUT2D eigenvalue weighted by molar-refractivity contribution is 5.78. The third-order valence-corrected chi connectivity index (χ3v) is 6.22. The van der Waals surface area contributed by atoms with Crippen molar-refractivity contribution < 1.29 is 14.3 Å². The van der Waals surface area contributed by atoms with Crippen LogP contribution in [0.5, 0.6) is 0 Å². The molecule has 0 aliphatic rings. The van der Waals surface area contributed by atoms with Gasteiger partial charge in [-0.2, -0.15) is 0 Å². The minimum Gasteiger partial charge on any atom is -0.379 e. The molecule has 0 N–H and O–H groups in total. The predicted octanol–water partition coefficient (Wildman–Crippen LogP) is 6.75. The van der Waals surface area contributed by atoms with E-state index in [2.05, 4.69) is 38.1 Å². The summed E-state index contributed by atoms with van der Waals surface area (Å²) < 4.78 is 6.05. The minimum atomic E-state index is -0.187. The quantitative estimate of drug-likeness (QED) is 0.180. The van der Waals surface area contributed by atoms with E-state index in [4.69, 9.17) is 4.74 Å². The summed E-state index contributed by atoms with van der Waals surface area (Å²) in [7, 11) is 1.92. The van der Waals surface area contributed by atoms with Crippen LogP contribution in [0.25, 0.3) is 0 Å². The second-order valence-electron chi connectivity index (χ2n) is 10.6. The van der Waals surface area contributed by atoms with Gasteiger partial charge in [-0.1, -0.05) is 116 Å². The zero-order valence-corrected chi connectivity index (χ0v) is 27.1. The van der Waals surface area contributed by atoms with Crippen molar-refractivity contribution in [1.29, 1.82) is 0 Å². The molecule has 6 heteroatoms. The Kier molecular flexibility index (Phi) is 19.7. The zero-order valence-electron chi connectivity index (χ0n) is 27.1. The molecule has 0 atom stereocenters. The van der Waals surface area contributed by atoms with Crippen LogP contribution in [0.1, 0.15) is 73.4 Å². The monoisotopic (exact) mass is 555 g/mol. The van der Waals surface area contributed by atoms with Crippen molar-refractivity contribution in [3.63, 3.8) is 0 Å². The third-order valence-electron chi connectivity index (χ3n) is 6.22. The molecule has 0 bridgehead atoms. The van der Waals surface area contributed by atoms with Crippen molar-refractivity contribution in [2.75, 3.05) is 46.4 Å². The summed E-state index contributed by atoms with van der Waals surface area (Å²) in [4.78, 5) is 27.1. The van der Waals surface area contributed by atoms with Gasteiger partial charge in [-0.25, -0.2) is 5.01 Å². The van der Waals surface area contributed by atoms with Gasteiger partial charge in [-0.05, 0) is 24.0 Å². The van der Waals surface area contributed by atoms with Crippen LogP contribution in [0, 0.1) is 11.3 Å². The fraction of sp³-hybridized carbons (Fsp3) is 0.588.